The van der Waals surface area contributed by atoms with Gasteiger partial charge in [-0.3, -0.25) is 9.59 Å². The van der Waals surface area contributed by atoms with Gasteiger partial charge in [0.2, 0.25) is 0 Å². The Morgan fingerprint density at radius 1 is 0.966 bits per heavy atom. The van der Waals surface area contributed by atoms with Crippen molar-refractivity contribution >= 4 is 17.5 Å². The van der Waals surface area contributed by atoms with Crippen LogP contribution in [-0.4, -0.2) is 58.6 Å². The van der Waals surface area contributed by atoms with E-state index in [0.29, 0.717) is 12.3 Å². The van der Waals surface area contributed by atoms with E-state index in [9.17, 15) is 9.59 Å². The number of likely N-dealkylation sites (N-methyl/N-ethyl adjacent to an activating group) is 1. The number of amides is 2. The maximum absolute atomic E-state index is 12.2. The van der Waals surface area contributed by atoms with E-state index in [1.165, 1.54) is 0 Å². The first-order chi connectivity index (χ1) is 13.8. The number of rotatable bonds is 8. The van der Waals surface area contributed by atoms with Gasteiger partial charge in [-0.2, -0.15) is 0 Å². The fraction of sp³-hybridized carbons (Fsp3) is 0.364. The minimum atomic E-state index is -0.659. The van der Waals surface area contributed by atoms with Crippen LogP contribution in [0, 0.1) is 0 Å². The first kappa shape index (κ1) is 22.2. The number of anilines is 1. The molecule has 156 valence electrons. The molecule has 0 heterocycles. The molecule has 0 aliphatic heterocycles. The van der Waals surface area contributed by atoms with Crippen molar-refractivity contribution in [2.45, 2.75) is 12.6 Å². The Morgan fingerprint density at radius 3 is 2.21 bits per heavy atom. The number of hydrogen-bond acceptors (Lipinski definition) is 5. The van der Waals surface area contributed by atoms with Gasteiger partial charge >= 0.3 is 11.8 Å². The fourth-order valence-corrected chi connectivity index (χ4v) is 2.91. The van der Waals surface area contributed by atoms with Gasteiger partial charge in [0.05, 0.1) is 13.2 Å². The molecule has 0 aliphatic carbocycles. The molecular formula is C22H30N4O3. The molecule has 1 atom stereocenters. The molecular weight excluding hydrogens is 368 g/mol. The molecule has 0 spiro atoms. The second kappa shape index (κ2) is 10.5. The number of benzene rings is 2. The van der Waals surface area contributed by atoms with Crippen molar-refractivity contribution < 1.29 is 14.3 Å². The van der Waals surface area contributed by atoms with Crippen molar-refractivity contribution in [1.29, 1.82) is 0 Å². The topological polar surface area (TPSA) is 73.9 Å². The highest BCUT2D eigenvalue weighted by Gasteiger charge is 2.19. The normalized spacial score (nSPS) is 11.7. The Bertz CT molecular complexity index is 819. The van der Waals surface area contributed by atoms with Gasteiger partial charge in [0, 0.05) is 32.9 Å². The lowest BCUT2D eigenvalue weighted by atomic mass is 10.1. The maximum Gasteiger partial charge on any atom is 0.309 e. The number of methoxy groups -OCH3 is 1. The van der Waals surface area contributed by atoms with Crippen LogP contribution in [0.25, 0.3) is 0 Å². The molecule has 2 aromatic rings. The third kappa shape index (κ3) is 6.50. The summed E-state index contributed by atoms with van der Waals surface area (Å²) in [6, 6.07) is 15.4. The fourth-order valence-electron chi connectivity index (χ4n) is 2.91. The lowest BCUT2D eigenvalue weighted by Gasteiger charge is -2.25. The first-order valence-corrected chi connectivity index (χ1v) is 9.44. The molecule has 29 heavy (non-hydrogen) atoms. The Hall–Kier alpha value is -3.06. The number of carbonyl (C=O) groups is 2. The van der Waals surface area contributed by atoms with Gasteiger partial charge in [0.25, 0.3) is 0 Å². The van der Waals surface area contributed by atoms with Crippen molar-refractivity contribution in [3.63, 3.8) is 0 Å². The average Bonchev–Trinajstić information content (AvgIpc) is 2.72. The summed E-state index contributed by atoms with van der Waals surface area (Å²) in [6.07, 6.45) is 0. The van der Waals surface area contributed by atoms with E-state index >= 15 is 0 Å². The van der Waals surface area contributed by atoms with E-state index in [2.05, 4.69) is 10.6 Å². The highest BCUT2D eigenvalue weighted by Crippen LogP contribution is 2.21. The summed E-state index contributed by atoms with van der Waals surface area (Å²) < 4.78 is 5.16. The Morgan fingerprint density at radius 2 is 1.62 bits per heavy atom. The highest BCUT2D eigenvalue weighted by atomic mass is 16.5. The third-order valence-corrected chi connectivity index (χ3v) is 4.67. The van der Waals surface area contributed by atoms with Crippen molar-refractivity contribution in [3.8, 4) is 5.75 Å². The molecule has 2 aromatic carbocycles. The minimum absolute atomic E-state index is 0.0404. The van der Waals surface area contributed by atoms with E-state index in [-0.39, 0.29) is 12.6 Å². The summed E-state index contributed by atoms with van der Waals surface area (Å²) in [7, 11) is 9.45. The minimum Gasteiger partial charge on any atom is -0.497 e. The zero-order chi connectivity index (χ0) is 21.4. The average molecular weight is 399 g/mol. The van der Waals surface area contributed by atoms with Gasteiger partial charge in [-0.25, -0.2) is 0 Å². The van der Waals surface area contributed by atoms with Gasteiger partial charge in [-0.1, -0.05) is 24.3 Å². The second-order valence-electron chi connectivity index (χ2n) is 7.21. The monoisotopic (exact) mass is 398 g/mol. The first-order valence-electron chi connectivity index (χ1n) is 9.44. The predicted octanol–water partition coefficient (Wildman–Crippen LogP) is 1.80. The van der Waals surface area contributed by atoms with Crippen LogP contribution < -0.4 is 20.3 Å². The summed E-state index contributed by atoms with van der Waals surface area (Å²) in [5.74, 6) is -0.603. The predicted molar refractivity (Wildman–Crippen MR) is 115 cm³/mol. The van der Waals surface area contributed by atoms with E-state index in [1.807, 2.05) is 86.5 Å². The summed E-state index contributed by atoms with van der Waals surface area (Å²) in [5, 5.41) is 5.37. The molecule has 0 saturated carbocycles. The van der Waals surface area contributed by atoms with Gasteiger partial charge in [-0.05, 0) is 49.5 Å². The standard InChI is InChI=1S/C22H30N4O3/c1-25(2)18-11-9-17(10-12-18)20(26(3)4)15-24-22(28)21(27)23-14-16-7-6-8-19(13-16)29-5/h6-13,20H,14-15H2,1-5H3,(H,23,27)(H,24,28)/t20-/m1/s1. The Labute approximate surface area is 172 Å². The number of hydrogen-bond donors (Lipinski definition) is 2. The summed E-state index contributed by atoms with van der Waals surface area (Å²) in [4.78, 5) is 28.4. The number of carbonyl (C=O) groups excluding carboxylic acids is 2. The summed E-state index contributed by atoms with van der Waals surface area (Å²) >= 11 is 0. The number of nitrogens with one attached hydrogen (secondary N) is 2. The van der Waals surface area contributed by atoms with Crippen LogP contribution in [0.2, 0.25) is 0 Å². The molecule has 0 unspecified atom stereocenters. The van der Waals surface area contributed by atoms with Crippen molar-refractivity contribution in [2.75, 3.05) is 46.7 Å². The maximum atomic E-state index is 12.2. The molecule has 0 bridgehead atoms. The lowest BCUT2D eigenvalue weighted by molar-refractivity contribution is -0.139. The molecule has 0 radical (unpaired) electrons. The smallest absolute Gasteiger partial charge is 0.309 e. The number of nitrogens with zero attached hydrogens (tertiary/aromatic N) is 2. The molecule has 7 nitrogen and oxygen atoms in total. The van der Waals surface area contributed by atoms with Crippen LogP contribution in [0.1, 0.15) is 17.2 Å². The molecule has 0 aromatic heterocycles. The van der Waals surface area contributed by atoms with Crippen LogP contribution in [0.4, 0.5) is 5.69 Å². The van der Waals surface area contributed by atoms with Crippen LogP contribution >= 0.6 is 0 Å². The largest absolute Gasteiger partial charge is 0.497 e. The lowest BCUT2D eigenvalue weighted by Crippen LogP contribution is -2.42. The SMILES string of the molecule is COc1cccc(CNC(=O)C(=O)NC[C@H](c2ccc(N(C)C)cc2)N(C)C)c1. The quantitative estimate of drug-likeness (QED) is 0.664. The molecule has 2 rings (SSSR count). The molecule has 7 heteroatoms. The third-order valence-electron chi connectivity index (χ3n) is 4.67. The van der Waals surface area contributed by atoms with Gasteiger partial charge in [0.15, 0.2) is 0 Å². The van der Waals surface area contributed by atoms with E-state index < -0.39 is 11.8 Å². The molecule has 2 N–H and O–H groups in total. The van der Waals surface area contributed by atoms with Crippen LogP contribution in [-0.2, 0) is 16.1 Å². The van der Waals surface area contributed by atoms with E-state index in [1.54, 1.807) is 7.11 Å². The second-order valence-corrected chi connectivity index (χ2v) is 7.21. The van der Waals surface area contributed by atoms with Crippen LogP contribution in [0.15, 0.2) is 48.5 Å². The van der Waals surface area contributed by atoms with Crippen molar-refractivity contribution in [2.24, 2.45) is 0 Å². The van der Waals surface area contributed by atoms with Gasteiger partial charge in [0.1, 0.15) is 5.75 Å². The van der Waals surface area contributed by atoms with Crippen LogP contribution in [0.5, 0.6) is 5.75 Å². The van der Waals surface area contributed by atoms with E-state index in [0.717, 1.165) is 16.8 Å². The van der Waals surface area contributed by atoms with Gasteiger partial charge < -0.3 is 25.2 Å². The van der Waals surface area contributed by atoms with Crippen molar-refractivity contribution in [1.82, 2.24) is 15.5 Å². The van der Waals surface area contributed by atoms with Crippen molar-refractivity contribution in [3.05, 3.63) is 59.7 Å². The molecule has 0 saturated heterocycles. The van der Waals surface area contributed by atoms with E-state index in [4.69, 9.17) is 4.74 Å². The Kier molecular flexibility index (Phi) is 8.03. The molecule has 0 aliphatic rings. The zero-order valence-electron chi connectivity index (χ0n) is 17.7. The van der Waals surface area contributed by atoms with Crippen LogP contribution in [0.3, 0.4) is 0 Å². The number of ether oxygens (including phenoxy) is 1. The molecule has 0 fully saturated rings. The summed E-state index contributed by atoms with van der Waals surface area (Å²) in [6.45, 7) is 0.590. The molecule has 2 amide bonds. The zero-order valence-corrected chi connectivity index (χ0v) is 17.7. The highest BCUT2D eigenvalue weighted by molar-refractivity contribution is 6.35. The summed E-state index contributed by atoms with van der Waals surface area (Å²) in [5.41, 5.74) is 3.03. The van der Waals surface area contributed by atoms with Gasteiger partial charge in [-0.15, -0.1) is 0 Å². The Balaban J connectivity index is 1.91.